The number of likely N-dealkylation sites (tertiary alicyclic amines) is 1. The minimum absolute atomic E-state index is 0. The molecule has 0 aromatic heterocycles. The van der Waals surface area contributed by atoms with E-state index in [9.17, 15) is 9.59 Å². The van der Waals surface area contributed by atoms with Gasteiger partial charge in [0.2, 0.25) is 0 Å². The lowest BCUT2D eigenvalue weighted by Gasteiger charge is -2.31. The summed E-state index contributed by atoms with van der Waals surface area (Å²) in [7, 11) is 0. The molecule has 1 heterocycles. The predicted molar refractivity (Wildman–Crippen MR) is 123 cm³/mol. The quantitative estimate of drug-likeness (QED) is 0.254. The predicted octanol–water partition coefficient (Wildman–Crippen LogP) is 3.03. The Morgan fingerprint density at radius 1 is 1.10 bits per heavy atom. The molecule has 1 aliphatic carbocycles. The number of amides is 1. The molecule has 2 aliphatic rings. The lowest BCUT2D eigenvalue weighted by molar-refractivity contribution is -0.161. The first-order chi connectivity index (χ1) is 13.2. The van der Waals surface area contributed by atoms with Crippen molar-refractivity contribution in [3.63, 3.8) is 0 Å². The average molecular weight is 524 g/mol. The van der Waals surface area contributed by atoms with Crippen molar-refractivity contribution in [1.82, 2.24) is 10.2 Å². The standard InChI is InChI=1S/C20H36N4O4.HI/c1-5-27-19(26)24-12-10-16(11-13-24)23-18(21)22-15-8-6-14(7-9-15)17(25)28-20(2,3)4;/h14-16H,5-13H2,1-4H3,(H3,21,22,23);1H. The SMILES string of the molecule is CCOC(=O)N1CCC(N=C(N)NC2CCC(C(=O)OC(C)(C)C)CC2)CC1.I. The van der Waals surface area contributed by atoms with Crippen LogP contribution in [0.1, 0.15) is 66.2 Å². The van der Waals surface area contributed by atoms with Crippen molar-refractivity contribution in [3.8, 4) is 0 Å². The van der Waals surface area contributed by atoms with Crippen LogP contribution in [-0.2, 0) is 14.3 Å². The van der Waals surface area contributed by atoms with Crippen molar-refractivity contribution >= 4 is 42.0 Å². The number of aliphatic imine (C=N–C) groups is 1. The largest absolute Gasteiger partial charge is 0.460 e. The fourth-order valence-corrected chi connectivity index (χ4v) is 3.69. The summed E-state index contributed by atoms with van der Waals surface area (Å²) in [5.74, 6) is 0.332. The number of nitrogens with two attached hydrogens (primary N) is 1. The molecule has 3 N–H and O–H groups in total. The summed E-state index contributed by atoms with van der Waals surface area (Å²) in [6.07, 6.45) is 4.68. The number of piperidine rings is 1. The second-order valence-corrected chi connectivity index (χ2v) is 8.66. The van der Waals surface area contributed by atoms with Gasteiger partial charge in [-0.3, -0.25) is 4.79 Å². The molecule has 9 heteroatoms. The van der Waals surface area contributed by atoms with Crippen molar-refractivity contribution in [2.24, 2.45) is 16.6 Å². The summed E-state index contributed by atoms with van der Waals surface area (Å²) in [6, 6.07) is 0.360. The molecule has 0 radical (unpaired) electrons. The zero-order valence-electron chi connectivity index (χ0n) is 18.1. The van der Waals surface area contributed by atoms with Gasteiger partial charge in [-0.15, -0.1) is 24.0 Å². The number of carbonyl (C=O) groups excluding carboxylic acids is 2. The van der Waals surface area contributed by atoms with E-state index in [-0.39, 0.29) is 54.0 Å². The topological polar surface area (TPSA) is 106 Å². The molecule has 0 atom stereocenters. The highest BCUT2D eigenvalue weighted by molar-refractivity contribution is 14.0. The summed E-state index contributed by atoms with van der Waals surface area (Å²) in [5.41, 5.74) is 5.66. The van der Waals surface area contributed by atoms with E-state index < -0.39 is 5.60 Å². The fourth-order valence-electron chi connectivity index (χ4n) is 3.69. The lowest BCUT2D eigenvalue weighted by Crippen LogP contribution is -2.45. The van der Waals surface area contributed by atoms with Crippen LogP contribution in [0.4, 0.5) is 4.79 Å². The Labute approximate surface area is 191 Å². The van der Waals surface area contributed by atoms with Gasteiger partial charge in [-0.05, 0) is 66.2 Å². The van der Waals surface area contributed by atoms with Crippen LogP contribution in [-0.4, -0.2) is 60.3 Å². The molecule has 1 saturated heterocycles. The fraction of sp³-hybridized carbons (Fsp3) is 0.850. The van der Waals surface area contributed by atoms with Gasteiger partial charge >= 0.3 is 12.1 Å². The molecule has 168 valence electrons. The number of guanidine groups is 1. The Morgan fingerprint density at radius 2 is 1.69 bits per heavy atom. The van der Waals surface area contributed by atoms with E-state index in [0.29, 0.717) is 25.7 Å². The summed E-state index contributed by atoms with van der Waals surface area (Å²) in [5, 5.41) is 3.30. The Kier molecular flexibility index (Phi) is 10.5. The van der Waals surface area contributed by atoms with Crippen molar-refractivity contribution < 1.29 is 19.1 Å². The van der Waals surface area contributed by atoms with Crippen molar-refractivity contribution in [2.45, 2.75) is 83.9 Å². The van der Waals surface area contributed by atoms with Gasteiger partial charge in [0.1, 0.15) is 5.60 Å². The van der Waals surface area contributed by atoms with E-state index in [1.165, 1.54) is 0 Å². The molecule has 0 aromatic carbocycles. The van der Waals surface area contributed by atoms with E-state index in [1.807, 2.05) is 27.7 Å². The molecular weight excluding hydrogens is 487 g/mol. The van der Waals surface area contributed by atoms with Crippen LogP contribution in [0.3, 0.4) is 0 Å². The van der Waals surface area contributed by atoms with E-state index >= 15 is 0 Å². The molecular formula is C20H37IN4O4. The van der Waals surface area contributed by atoms with Crippen LogP contribution in [0.25, 0.3) is 0 Å². The van der Waals surface area contributed by atoms with Crippen molar-refractivity contribution in [2.75, 3.05) is 19.7 Å². The molecule has 1 saturated carbocycles. The van der Waals surface area contributed by atoms with Gasteiger partial charge in [0.15, 0.2) is 5.96 Å². The van der Waals surface area contributed by atoms with E-state index in [2.05, 4.69) is 10.3 Å². The lowest BCUT2D eigenvalue weighted by atomic mass is 9.86. The summed E-state index contributed by atoms with van der Waals surface area (Å²) in [4.78, 5) is 30.2. The smallest absolute Gasteiger partial charge is 0.409 e. The van der Waals surface area contributed by atoms with Gasteiger partial charge in [0, 0.05) is 19.1 Å². The Bertz CT molecular complexity index is 563. The Morgan fingerprint density at radius 3 is 2.21 bits per heavy atom. The van der Waals surface area contributed by atoms with Crippen LogP contribution in [0.2, 0.25) is 0 Å². The van der Waals surface area contributed by atoms with Crippen LogP contribution in [0.15, 0.2) is 4.99 Å². The number of hydrogen-bond acceptors (Lipinski definition) is 5. The molecule has 2 rings (SSSR count). The molecule has 1 amide bonds. The zero-order chi connectivity index (χ0) is 20.7. The van der Waals surface area contributed by atoms with Crippen molar-refractivity contribution in [1.29, 1.82) is 0 Å². The summed E-state index contributed by atoms with van der Waals surface area (Å²) >= 11 is 0. The third kappa shape index (κ3) is 8.96. The summed E-state index contributed by atoms with van der Waals surface area (Å²) in [6.45, 7) is 9.17. The third-order valence-corrected chi connectivity index (χ3v) is 5.13. The highest BCUT2D eigenvalue weighted by atomic mass is 127. The Balaban J connectivity index is 0.00000420. The van der Waals surface area contributed by atoms with Crippen LogP contribution in [0, 0.1) is 5.92 Å². The molecule has 0 spiro atoms. The number of rotatable bonds is 4. The second-order valence-electron chi connectivity index (χ2n) is 8.66. The third-order valence-electron chi connectivity index (χ3n) is 5.13. The number of hydrogen-bond donors (Lipinski definition) is 2. The van der Waals surface area contributed by atoms with Gasteiger partial charge in [-0.1, -0.05) is 0 Å². The highest BCUT2D eigenvalue weighted by Crippen LogP contribution is 2.27. The number of halogens is 1. The second kappa shape index (κ2) is 11.8. The van der Waals surface area contributed by atoms with E-state index in [0.717, 1.165) is 38.5 Å². The first-order valence-corrected chi connectivity index (χ1v) is 10.4. The molecule has 0 unspecified atom stereocenters. The molecule has 0 bridgehead atoms. The number of ether oxygens (including phenoxy) is 2. The number of nitrogens with one attached hydrogen (secondary N) is 1. The first kappa shape index (κ1) is 25.8. The van der Waals surface area contributed by atoms with Gasteiger partial charge in [0.05, 0.1) is 18.6 Å². The van der Waals surface area contributed by atoms with Gasteiger partial charge in [-0.2, -0.15) is 0 Å². The van der Waals surface area contributed by atoms with Crippen molar-refractivity contribution in [3.05, 3.63) is 0 Å². The maximum Gasteiger partial charge on any atom is 0.409 e. The van der Waals surface area contributed by atoms with Gasteiger partial charge < -0.3 is 25.4 Å². The van der Waals surface area contributed by atoms with Gasteiger partial charge in [0.25, 0.3) is 0 Å². The molecule has 8 nitrogen and oxygen atoms in total. The number of nitrogens with zero attached hydrogens (tertiary/aromatic N) is 2. The first-order valence-electron chi connectivity index (χ1n) is 10.4. The zero-order valence-corrected chi connectivity index (χ0v) is 20.4. The van der Waals surface area contributed by atoms with Gasteiger partial charge in [-0.25, -0.2) is 9.79 Å². The van der Waals surface area contributed by atoms with E-state index in [4.69, 9.17) is 15.2 Å². The molecule has 2 fully saturated rings. The Hall–Kier alpha value is -1.26. The normalized spacial score (nSPS) is 23.7. The maximum atomic E-state index is 12.2. The average Bonchev–Trinajstić information content (AvgIpc) is 2.61. The molecule has 1 aliphatic heterocycles. The minimum atomic E-state index is -0.438. The van der Waals surface area contributed by atoms with Crippen LogP contribution < -0.4 is 11.1 Å². The monoisotopic (exact) mass is 524 g/mol. The molecule has 29 heavy (non-hydrogen) atoms. The van der Waals surface area contributed by atoms with E-state index in [1.54, 1.807) is 4.90 Å². The molecule has 0 aromatic rings. The highest BCUT2D eigenvalue weighted by Gasteiger charge is 2.30. The number of esters is 1. The van der Waals surface area contributed by atoms with Crippen LogP contribution >= 0.6 is 24.0 Å². The minimum Gasteiger partial charge on any atom is -0.460 e. The summed E-state index contributed by atoms with van der Waals surface area (Å²) < 4.78 is 10.5. The number of carbonyl (C=O) groups is 2. The maximum absolute atomic E-state index is 12.2. The van der Waals surface area contributed by atoms with Crippen LogP contribution in [0.5, 0.6) is 0 Å².